The average molecular weight is 426 g/mol. The van der Waals surface area contributed by atoms with Crippen LogP contribution >= 0.6 is 11.3 Å². The van der Waals surface area contributed by atoms with Crippen molar-refractivity contribution in [3.8, 4) is 33.6 Å². The van der Waals surface area contributed by atoms with Crippen LogP contribution in [0.15, 0.2) is 47.8 Å². The molecule has 0 aliphatic carbocycles. The van der Waals surface area contributed by atoms with Crippen molar-refractivity contribution in [3.05, 3.63) is 53.5 Å². The zero-order chi connectivity index (χ0) is 20.8. The summed E-state index contributed by atoms with van der Waals surface area (Å²) in [6, 6.07) is 13.2. The van der Waals surface area contributed by atoms with Gasteiger partial charge in [0.05, 0.1) is 30.8 Å². The van der Waals surface area contributed by atoms with Crippen molar-refractivity contribution in [2.75, 3.05) is 26.6 Å². The molecule has 7 nitrogen and oxygen atoms in total. The highest BCUT2D eigenvalue weighted by molar-refractivity contribution is 7.13. The van der Waals surface area contributed by atoms with Gasteiger partial charge in [0.15, 0.2) is 11.5 Å². The quantitative estimate of drug-likeness (QED) is 0.526. The largest absolute Gasteiger partial charge is 0.493 e. The van der Waals surface area contributed by atoms with E-state index in [1.165, 1.54) is 11.3 Å². The second-order valence-corrected chi connectivity index (χ2v) is 7.32. The minimum absolute atomic E-state index is 0.0979. The first-order chi connectivity index (χ1) is 14.7. The number of amides is 1. The number of benzene rings is 2. The summed E-state index contributed by atoms with van der Waals surface area (Å²) in [7, 11) is 0. The Balaban J connectivity index is 1.25. The van der Waals surface area contributed by atoms with Gasteiger partial charge in [0.1, 0.15) is 23.1 Å². The number of fused-ring (bicyclic) bond motifs is 1. The van der Waals surface area contributed by atoms with E-state index < -0.39 is 0 Å². The van der Waals surface area contributed by atoms with Crippen molar-refractivity contribution in [2.45, 2.75) is 13.3 Å². The molecule has 4 rings (SSSR count). The topological polar surface area (TPSA) is 78.9 Å². The van der Waals surface area contributed by atoms with Gasteiger partial charge in [-0.3, -0.25) is 4.79 Å². The molecule has 0 spiro atoms. The smallest absolute Gasteiger partial charge is 0.231 e. The summed E-state index contributed by atoms with van der Waals surface area (Å²) in [5.41, 5.74) is 1.67. The fraction of sp³-hybridized carbons (Fsp3) is 0.273. The molecule has 0 saturated carbocycles. The highest BCUT2D eigenvalue weighted by atomic mass is 32.1. The lowest BCUT2D eigenvalue weighted by atomic mass is 10.2. The zero-order valence-electron chi connectivity index (χ0n) is 16.6. The summed E-state index contributed by atoms with van der Waals surface area (Å²) in [4.78, 5) is 16.8. The molecule has 1 amide bonds. The first-order valence-electron chi connectivity index (χ1n) is 9.68. The molecule has 8 heteroatoms. The predicted octanol–water partition coefficient (Wildman–Crippen LogP) is 3.68. The Morgan fingerprint density at radius 1 is 1.17 bits per heavy atom. The summed E-state index contributed by atoms with van der Waals surface area (Å²) >= 11 is 1.50. The van der Waals surface area contributed by atoms with E-state index >= 15 is 0 Å². The molecule has 0 atom stereocenters. The summed E-state index contributed by atoms with van der Waals surface area (Å²) in [6.07, 6.45) is 0.220. The van der Waals surface area contributed by atoms with Crippen molar-refractivity contribution >= 4 is 17.2 Å². The number of nitrogens with zero attached hydrogens (tertiary/aromatic N) is 1. The van der Waals surface area contributed by atoms with E-state index in [0.29, 0.717) is 37.0 Å². The molecule has 2 aromatic carbocycles. The summed E-state index contributed by atoms with van der Waals surface area (Å²) in [5, 5.41) is 5.60. The highest BCUT2D eigenvalue weighted by Gasteiger charge is 2.14. The fourth-order valence-corrected chi connectivity index (χ4v) is 3.84. The first kappa shape index (κ1) is 20.0. The molecule has 0 unspecified atom stereocenters. The maximum absolute atomic E-state index is 12.2. The lowest BCUT2D eigenvalue weighted by molar-refractivity contribution is -0.120. The number of aromatic nitrogens is 1. The first-order valence-corrected chi connectivity index (χ1v) is 10.6. The molecule has 0 saturated heterocycles. The van der Waals surface area contributed by atoms with E-state index in [4.69, 9.17) is 18.9 Å². The Labute approximate surface area is 178 Å². The SMILES string of the molecule is CCOc1ccccc1-c1nc(CC(=O)NCCOc2ccc3c(c2)OCO3)cs1. The number of hydrogen-bond donors (Lipinski definition) is 1. The highest BCUT2D eigenvalue weighted by Crippen LogP contribution is 2.35. The average Bonchev–Trinajstić information content (AvgIpc) is 3.41. The number of carbonyl (C=O) groups is 1. The Morgan fingerprint density at radius 3 is 2.93 bits per heavy atom. The van der Waals surface area contributed by atoms with Crippen LogP contribution in [-0.4, -0.2) is 37.4 Å². The van der Waals surface area contributed by atoms with Crippen molar-refractivity contribution in [1.82, 2.24) is 10.3 Å². The molecule has 1 aliphatic heterocycles. The van der Waals surface area contributed by atoms with Gasteiger partial charge in [-0.05, 0) is 31.2 Å². The van der Waals surface area contributed by atoms with Crippen LogP contribution in [0.25, 0.3) is 10.6 Å². The number of hydrogen-bond acceptors (Lipinski definition) is 7. The third-order valence-corrected chi connectivity index (χ3v) is 5.27. The van der Waals surface area contributed by atoms with Crippen molar-refractivity contribution in [3.63, 3.8) is 0 Å². The Kier molecular flexibility index (Phi) is 6.34. The maximum atomic E-state index is 12.2. The summed E-state index contributed by atoms with van der Waals surface area (Å²) in [6.45, 7) is 3.52. The normalized spacial score (nSPS) is 11.9. The van der Waals surface area contributed by atoms with Gasteiger partial charge < -0.3 is 24.3 Å². The third-order valence-electron chi connectivity index (χ3n) is 4.35. The van der Waals surface area contributed by atoms with Crippen LogP contribution in [0.1, 0.15) is 12.6 Å². The maximum Gasteiger partial charge on any atom is 0.231 e. The van der Waals surface area contributed by atoms with Crippen LogP contribution in [-0.2, 0) is 11.2 Å². The fourth-order valence-electron chi connectivity index (χ4n) is 2.99. The molecule has 1 aromatic heterocycles. The summed E-state index contributed by atoms with van der Waals surface area (Å²) < 4.78 is 21.9. The lowest BCUT2D eigenvalue weighted by Gasteiger charge is -2.08. The van der Waals surface area contributed by atoms with Crippen molar-refractivity contribution in [1.29, 1.82) is 0 Å². The monoisotopic (exact) mass is 426 g/mol. The molecule has 30 heavy (non-hydrogen) atoms. The number of para-hydroxylation sites is 1. The van der Waals surface area contributed by atoms with Crippen LogP contribution in [0.4, 0.5) is 0 Å². The van der Waals surface area contributed by atoms with E-state index in [1.807, 2.05) is 42.6 Å². The zero-order valence-corrected chi connectivity index (χ0v) is 17.4. The standard InChI is InChI=1S/C22H22N2O5S/c1-2-26-18-6-4-3-5-17(18)22-24-15(13-30-22)11-21(25)23-9-10-27-16-7-8-19-20(12-16)29-14-28-19/h3-8,12-13H,2,9-11,14H2,1H3,(H,23,25). The van der Waals surface area contributed by atoms with Gasteiger partial charge in [-0.25, -0.2) is 4.98 Å². The molecule has 1 aliphatic rings. The lowest BCUT2D eigenvalue weighted by Crippen LogP contribution is -2.29. The third kappa shape index (κ3) is 4.83. The Hall–Kier alpha value is -3.26. The van der Waals surface area contributed by atoms with Gasteiger partial charge in [0, 0.05) is 11.4 Å². The summed E-state index contributed by atoms with van der Waals surface area (Å²) in [5.74, 6) is 2.75. The molecule has 1 N–H and O–H groups in total. The Bertz CT molecular complexity index is 1020. The molecule has 0 bridgehead atoms. The van der Waals surface area contributed by atoms with E-state index in [-0.39, 0.29) is 19.1 Å². The van der Waals surface area contributed by atoms with Crippen LogP contribution in [0.3, 0.4) is 0 Å². The Morgan fingerprint density at radius 2 is 2.03 bits per heavy atom. The van der Waals surface area contributed by atoms with E-state index in [1.54, 1.807) is 12.1 Å². The molecule has 0 fully saturated rings. The second kappa shape index (κ2) is 9.49. The molecular formula is C22H22N2O5S. The second-order valence-electron chi connectivity index (χ2n) is 6.46. The van der Waals surface area contributed by atoms with Gasteiger partial charge in [-0.15, -0.1) is 11.3 Å². The number of ether oxygens (including phenoxy) is 4. The number of rotatable bonds is 9. The van der Waals surface area contributed by atoms with Gasteiger partial charge >= 0.3 is 0 Å². The van der Waals surface area contributed by atoms with Gasteiger partial charge in [-0.2, -0.15) is 0 Å². The van der Waals surface area contributed by atoms with Gasteiger partial charge in [0.25, 0.3) is 0 Å². The van der Waals surface area contributed by atoms with E-state index in [2.05, 4.69) is 10.3 Å². The minimum atomic E-state index is -0.0979. The number of nitrogens with one attached hydrogen (secondary N) is 1. The van der Waals surface area contributed by atoms with E-state index in [0.717, 1.165) is 22.0 Å². The van der Waals surface area contributed by atoms with Crippen LogP contribution < -0.4 is 24.3 Å². The minimum Gasteiger partial charge on any atom is -0.493 e. The van der Waals surface area contributed by atoms with Crippen LogP contribution in [0.2, 0.25) is 0 Å². The molecular weight excluding hydrogens is 404 g/mol. The van der Waals surface area contributed by atoms with Crippen LogP contribution in [0.5, 0.6) is 23.0 Å². The van der Waals surface area contributed by atoms with Gasteiger partial charge in [-0.1, -0.05) is 12.1 Å². The van der Waals surface area contributed by atoms with Crippen LogP contribution in [0, 0.1) is 0 Å². The van der Waals surface area contributed by atoms with Crippen molar-refractivity contribution < 1.29 is 23.7 Å². The molecule has 156 valence electrons. The number of thiazole rings is 1. The van der Waals surface area contributed by atoms with E-state index in [9.17, 15) is 4.79 Å². The number of carbonyl (C=O) groups excluding carboxylic acids is 1. The predicted molar refractivity (Wildman–Crippen MR) is 113 cm³/mol. The molecule has 2 heterocycles. The van der Waals surface area contributed by atoms with Gasteiger partial charge in [0.2, 0.25) is 12.7 Å². The molecule has 3 aromatic rings. The molecule has 0 radical (unpaired) electrons. The van der Waals surface area contributed by atoms with Crippen molar-refractivity contribution in [2.24, 2.45) is 0 Å².